The highest BCUT2D eigenvalue weighted by atomic mass is 32.2. The zero-order chi connectivity index (χ0) is 23.2. The molecule has 1 aliphatic heterocycles. The number of thioether (sulfide) groups is 1. The molecule has 3 aromatic rings. The third-order valence-electron chi connectivity index (χ3n) is 5.60. The molecule has 0 bridgehead atoms. The number of rotatable bonds is 6. The van der Waals surface area contributed by atoms with Crippen molar-refractivity contribution in [2.24, 2.45) is 0 Å². The fourth-order valence-corrected chi connectivity index (χ4v) is 4.75. The SMILES string of the molecule is N#Cc1c(-c2ccc([N+](=O)[O-])cc2)cc(-c2ccccc2)nc1SCC(=O)N1CCCCC1. The molecule has 8 heteroatoms. The van der Waals surface area contributed by atoms with Gasteiger partial charge in [-0.2, -0.15) is 5.26 Å². The number of hydrogen-bond acceptors (Lipinski definition) is 6. The van der Waals surface area contributed by atoms with E-state index in [9.17, 15) is 20.2 Å². The highest BCUT2D eigenvalue weighted by Crippen LogP contribution is 2.35. The molecule has 0 unspecified atom stereocenters. The Balaban J connectivity index is 1.72. The lowest BCUT2D eigenvalue weighted by Crippen LogP contribution is -2.36. The van der Waals surface area contributed by atoms with Crippen molar-refractivity contribution in [1.82, 2.24) is 9.88 Å². The molecule has 0 spiro atoms. The molecule has 4 rings (SSSR count). The van der Waals surface area contributed by atoms with E-state index in [4.69, 9.17) is 4.98 Å². The van der Waals surface area contributed by atoms with Crippen LogP contribution < -0.4 is 0 Å². The molecule has 0 aliphatic carbocycles. The van der Waals surface area contributed by atoms with Crippen LogP contribution in [0.25, 0.3) is 22.4 Å². The van der Waals surface area contributed by atoms with Gasteiger partial charge in [0, 0.05) is 36.3 Å². The number of aromatic nitrogens is 1. The Labute approximate surface area is 196 Å². The van der Waals surface area contributed by atoms with Crippen molar-refractivity contribution >= 4 is 23.4 Å². The van der Waals surface area contributed by atoms with Crippen LogP contribution in [0.2, 0.25) is 0 Å². The number of nitrogens with zero attached hydrogens (tertiary/aromatic N) is 4. The smallest absolute Gasteiger partial charge is 0.269 e. The van der Waals surface area contributed by atoms with Crippen molar-refractivity contribution in [3.05, 3.63) is 76.3 Å². The second-order valence-electron chi connectivity index (χ2n) is 7.75. The standard InChI is InChI=1S/C25H22N4O3S/c26-16-22-21(18-9-11-20(12-10-18)29(31)32)15-23(19-7-3-1-4-8-19)27-25(22)33-17-24(30)28-13-5-2-6-14-28/h1,3-4,7-12,15H,2,5-6,13-14,17H2. The van der Waals surface area contributed by atoms with Crippen LogP contribution in [-0.4, -0.2) is 39.6 Å². The lowest BCUT2D eigenvalue weighted by atomic mass is 9.99. The first-order chi connectivity index (χ1) is 16.1. The van der Waals surface area contributed by atoms with Crippen molar-refractivity contribution in [1.29, 1.82) is 5.26 Å². The van der Waals surface area contributed by atoms with E-state index < -0.39 is 4.92 Å². The molecule has 1 fully saturated rings. The topological polar surface area (TPSA) is 100 Å². The highest BCUT2D eigenvalue weighted by Gasteiger charge is 2.20. The second-order valence-corrected chi connectivity index (χ2v) is 8.71. The average Bonchev–Trinajstić information content (AvgIpc) is 2.87. The number of nitro benzene ring substituents is 1. The maximum absolute atomic E-state index is 12.7. The van der Waals surface area contributed by atoms with E-state index in [2.05, 4.69) is 6.07 Å². The third kappa shape index (κ3) is 5.21. The quantitative estimate of drug-likeness (QED) is 0.282. The third-order valence-corrected chi connectivity index (χ3v) is 6.56. The molecule has 166 valence electrons. The lowest BCUT2D eigenvalue weighted by Gasteiger charge is -2.26. The molecule has 2 aromatic carbocycles. The summed E-state index contributed by atoms with van der Waals surface area (Å²) in [5, 5.41) is 21.5. The largest absolute Gasteiger partial charge is 0.342 e. The molecule has 33 heavy (non-hydrogen) atoms. The first-order valence-electron chi connectivity index (χ1n) is 10.7. The summed E-state index contributed by atoms with van der Waals surface area (Å²) in [6.07, 6.45) is 3.19. The van der Waals surface area contributed by atoms with Gasteiger partial charge in [0.15, 0.2) is 0 Å². The Morgan fingerprint density at radius 1 is 1.06 bits per heavy atom. The zero-order valence-corrected chi connectivity index (χ0v) is 18.8. The number of hydrogen-bond donors (Lipinski definition) is 0. The van der Waals surface area contributed by atoms with Gasteiger partial charge in [0.25, 0.3) is 5.69 Å². The fraction of sp³-hybridized carbons (Fsp3) is 0.240. The number of non-ortho nitro benzene ring substituents is 1. The minimum Gasteiger partial charge on any atom is -0.342 e. The van der Waals surface area contributed by atoms with Crippen LogP contribution in [0.3, 0.4) is 0 Å². The van der Waals surface area contributed by atoms with Crippen molar-refractivity contribution in [2.45, 2.75) is 24.3 Å². The van der Waals surface area contributed by atoms with Gasteiger partial charge in [-0.05, 0) is 43.0 Å². The number of amides is 1. The maximum Gasteiger partial charge on any atom is 0.269 e. The number of carbonyl (C=O) groups excluding carboxylic acids is 1. The van der Waals surface area contributed by atoms with E-state index in [1.54, 1.807) is 12.1 Å². The molecule has 0 atom stereocenters. The summed E-state index contributed by atoms with van der Waals surface area (Å²) in [5.41, 5.74) is 3.22. The molecule has 1 aromatic heterocycles. The van der Waals surface area contributed by atoms with Crippen molar-refractivity contribution in [3.63, 3.8) is 0 Å². The van der Waals surface area contributed by atoms with Gasteiger partial charge in [-0.3, -0.25) is 14.9 Å². The van der Waals surface area contributed by atoms with Crippen molar-refractivity contribution in [3.8, 4) is 28.5 Å². The van der Waals surface area contributed by atoms with E-state index in [1.165, 1.54) is 23.9 Å². The molecular formula is C25H22N4O3S. The number of nitro groups is 1. The summed E-state index contributed by atoms with van der Waals surface area (Å²) in [4.78, 5) is 29.9. The lowest BCUT2D eigenvalue weighted by molar-refractivity contribution is -0.384. The van der Waals surface area contributed by atoms with Crippen LogP contribution in [-0.2, 0) is 4.79 Å². The summed E-state index contributed by atoms with van der Waals surface area (Å²) in [7, 11) is 0. The molecular weight excluding hydrogens is 436 g/mol. The summed E-state index contributed by atoms with van der Waals surface area (Å²) >= 11 is 1.27. The minimum absolute atomic E-state index is 0.0173. The minimum atomic E-state index is -0.454. The number of pyridine rings is 1. The van der Waals surface area contributed by atoms with Gasteiger partial charge in [-0.25, -0.2) is 4.98 Å². The van der Waals surface area contributed by atoms with Gasteiger partial charge in [-0.15, -0.1) is 0 Å². The van der Waals surface area contributed by atoms with Crippen LogP contribution >= 0.6 is 11.8 Å². The number of nitriles is 1. The van der Waals surface area contributed by atoms with Gasteiger partial charge in [-0.1, -0.05) is 42.1 Å². The summed E-state index contributed by atoms with van der Waals surface area (Å²) in [6.45, 7) is 1.55. The Morgan fingerprint density at radius 2 is 1.76 bits per heavy atom. The highest BCUT2D eigenvalue weighted by molar-refractivity contribution is 8.00. The van der Waals surface area contributed by atoms with Gasteiger partial charge >= 0.3 is 0 Å². The van der Waals surface area contributed by atoms with E-state index in [0.717, 1.165) is 37.9 Å². The maximum atomic E-state index is 12.7. The van der Waals surface area contributed by atoms with E-state index in [1.807, 2.05) is 41.3 Å². The Bertz CT molecular complexity index is 1200. The number of likely N-dealkylation sites (tertiary alicyclic amines) is 1. The van der Waals surface area contributed by atoms with Gasteiger partial charge in [0.1, 0.15) is 11.1 Å². The summed E-state index contributed by atoms with van der Waals surface area (Å²) in [6, 6.07) is 19.8. The number of piperidine rings is 1. The first-order valence-corrected chi connectivity index (χ1v) is 11.7. The van der Waals surface area contributed by atoms with E-state index in [0.29, 0.717) is 27.4 Å². The first kappa shape index (κ1) is 22.5. The van der Waals surface area contributed by atoms with Crippen LogP contribution in [0, 0.1) is 21.4 Å². The van der Waals surface area contributed by atoms with Crippen LogP contribution in [0.5, 0.6) is 0 Å². The molecule has 7 nitrogen and oxygen atoms in total. The van der Waals surface area contributed by atoms with Gasteiger partial charge in [0.05, 0.1) is 21.9 Å². The Kier molecular flexibility index (Phi) is 7.01. The summed E-state index contributed by atoms with van der Waals surface area (Å²) in [5.74, 6) is 0.256. The van der Waals surface area contributed by atoms with Crippen LogP contribution in [0.4, 0.5) is 5.69 Å². The predicted octanol–water partition coefficient (Wildman–Crippen LogP) is 5.30. The van der Waals surface area contributed by atoms with Gasteiger partial charge < -0.3 is 4.90 Å². The molecule has 1 aliphatic rings. The van der Waals surface area contributed by atoms with E-state index >= 15 is 0 Å². The molecule has 2 heterocycles. The fourth-order valence-electron chi connectivity index (χ4n) is 3.85. The molecule has 0 saturated carbocycles. The van der Waals surface area contributed by atoms with E-state index in [-0.39, 0.29) is 17.3 Å². The molecule has 1 amide bonds. The monoisotopic (exact) mass is 458 g/mol. The Hall–Kier alpha value is -3.70. The molecule has 1 saturated heterocycles. The normalized spacial score (nSPS) is 13.4. The van der Waals surface area contributed by atoms with Crippen molar-refractivity contribution in [2.75, 3.05) is 18.8 Å². The van der Waals surface area contributed by atoms with Crippen LogP contribution in [0.15, 0.2) is 65.7 Å². The Morgan fingerprint density at radius 3 is 2.39 bits per heavy atom. The molecule has 0 radical (unpaired) electrons. The average molecular weight is 459 g/mol. The second kappa shape index (κ2) is 10.3. The van der Waals surface area contributed by atoms with Crippen LogP contribution in [0.1, 0.15) is 24.8 Å². The number of benzene rings is 2. The van der Waals surface area contributed by atoms with Crippen molar-refractivity contribution < 1.29 is 9.72 Å². The number of carbonyl (C=O) groups is 1. The molecule has 0 N–H and O–H groups in total. The summed E-state index contributed by atoms with van der Waals surface area (Å²) < 4.78 is 0. The zero-order valence-electron chi connectivity index (χ0n) is 17.9. The van der Waals surface area contributed by atoms with Gasteiger partial charge in [0.2, 0.25) is 5.91 Å². The predicted molar refractivity (Wildman–Crippen MR) is 128 cm³/mol.